The van der Waals surface area contributed by atoms with Gasteiger partial charge in [0.1, 0.15) is 17.2 Å². The van der Waals surface area contributed by atoms with E-state index in [1.54, 1.807) is 24.3 Å². The van der Waals surface area contributed by atoms with Crippen molar-refractivity contribution in [2.75, 3.05) is 5.75 Å². The highest BCUT2D eigenvalue weighted by molar-refractivity contribution is 7.90. The van der Waals surface area contributed by atoms with Crippen LogP contribution in [0.15, 0.2) is 72.8 Å². The van der Waals surface area contributed by atoms with Crippen LogP contribution in [0.5, 0.6) is 0 Å². The zero-order chi connectivity index (χ0) is 20.4. The van der Waals surface area contributed by atoms with Crippen molar-refractivity contribution in [3.63, 3.8) is 0 Å². The Bertz CT molecular complexity index is 1000. The van der Waals surface area contributed by atoms with E-state index in [1.807, 2.05) is 0 Å². The number of halogens is 3. The zero-order valence-corrected chi connectivity index (χ0v) is 16.2. The molecule has 0 aliphatic carbocycles. The minimum Gasteiger partial charge on any atom is -0.379 e. The first-order valence-corrected chi connectivity index (χ1v) is 10.6. The summed E-state index contributed by atoms with van der Waals surface area (Å²) < 4.78 is 52.3. The van der Waals surface area contributed by atoms with E-state index < -0.39 is 32.8 Å². The van der Waals surface area contributed by atoms with Crippen LogP contribution in [0.2, 0.25) is 5.02 Å². The summed E-state index contributed by atoms with van der Waals surface area (Å²) in [5, 5.41) is 11.8. The molecule has 0 aliphatic heterocycles. The van der Waals surface area contributed by atoms with Crippen LogP contribution in [-0.2, 0) is 21.2 Å². The molecule has 3 nitrogen and oxygen atoms in total. The topological polar surface area (TPSA) is 54.4 Å². The summed E-state index contributed by atoms with van der Waals surface area (Å²) in [6, 6.07) is 16.1. The molecule has 0 atom stereocenters. The molecule has 0 saturated carbocycles. The minimum atomic E-state index is -3.80. The van der Waals surface area contributed by atoms with E-state index in [9.17, 15) is 22.3 Å². The second-order valence-corrected chi connectivity index (χ2v) is 9.03. The summed E-state index contributed by atoms with van der Waals surface area (Å²) in [4.78, 5) is 0. The lowest BCUT2D eigenvalue weighted by Crippen LogP contribution is -2.36. The van der Waals surface area contributed by atoms with E-state index in [2.05, 4.69) is 0 Å². The van der Waals surface area contributed by atoms with Gasteiger partial charge in [0, 0.05) is 5.02 Å². The standard InChI is InChI=1S/C21H17ClF2O3S/c22-18-7-1-15(2-8-18)13-28(26,27)14-21(25,16-3-9-19(23)10-4-16)17-5-11-20(24)12-6-17/h1-12,25H,13-14H2. The highest BCUT2D eigenvalue weighted by Crippen LogP contribution is 2.32. The van der Waals surface area contributed by atoms with Gasteiger partial charge >= 0.3 is 0 Å². The van der Waals surface area contributed by atoms with E-state index in [4.69, 9.17) is 11.6 Å². The summed E-state index contributed by atoms with van der Waals surface area (Å²) in [5.41, 5.74) is -1.06. The molecule has 0 heterocycles. The van der Waals surface area contributed by atoms with Gasteiger partial charge in [0.2, 0.25) is 0 Å². The van der Waals surface area contributed by atoms with Gasteiger partial charge in [-0.3, -0.25) is 0 Å². The molecule has 0 radical (unpaired) electrons. The first kappa shape index (κ1) is 20.5. The van der Waals surface area contributed by atoms with Gasteiger partial charge in [-0.2, -0.15) is 0 Å². The number of hydrogen-bond acceptors (Lipinski definition) is 3. The Morgan fingerprint density at radius 2 is 1.21 bits per heavy atom. The Hall–Kier alpha value is -2.28. The molecule has 146 valence electrons. The van der Waals surface area contributed by atoms with Gasteiger partial charge < -0.3 is 5.11 Å². The Morgan fingerprint density at radius 1 is 0.786 bits per heavy atom. The molecule has 0 aliphatic rings. The van der Waals surface area contributed by atoms with E-state index in [0.717, 1.165) is 24.3 Å². The maximum Gasteiger partial charge on any atom is 0.157 e. The molecule has 1 N–H and O–H groups in total. The van der Waals surface area contributed by atoms with Crippen LogP contribution in [0.4, 0.5) is 8.78 Å². The SMILES string of the molecule is O=S(=O)(Cc1ccc(Cl)cc1)CC(O)(c1ccc(F)cc1)c1ccc(F)cc1. The molecule has 3 aromatic carbocycles. The van der Waals surface area contributed by atoms with E-state index in [-0.39, 0.29) is 16.9 Å². The van der Waals surface area contributed by atoms with E-state index >= 15 is 0 Å². The molecule has 0 aromatic heterocycles. The number of rotatable bonds is 6. The van der Waals surface area contributed by atoms with Crippen LogP contribution in [0.3, 0.4) is 0 Å². The Balaban J connectivity index is 2.00. The first-order chi connectivity index (χ1) is 13.2. The highest BCUT2D eigenvalue weighted by atomic mass is 35.5. The molecule has 0 amide bonds. The van der Waals surface area contributed by atoms with Crippen LogP contribution in [0.1, 0.15) is 16.7 Å². The molecule has 3 aromatic rings. The predicted octanol–water partition coefficient (Wildman–Crippen LogP) is 4.47. The second kappa shape index (κ2) is 7.99. The maximum atomic E-state index is 13.3. The quantitative estimate of drug-likeness (QED) is 0.637. The van der Waals surface area contributed by atoms with Crippen LogP contribution >= 0.6 is 11.6 Å². The molecule has 0 fully saturated rings. The number of benzene rings is 3. The van der Waals surface area contributed by atoms with Crippen molar-refractivity contribution >= 4 is 21.4 Å². The molecular formula is C21H17ClF2O3S. The second-order valence-electron chi connectivity index (χ2n) is 6.53. The monoisotopic (exact) mass is 422 g/mol. The van der Waals surface area contributed by atoms with E-state index in [1.165, 1.54) is 24.3 Å². The van der Waals surface area contributed by atoms with Gasteiger partial charge in [-0.15, -0.1) is 0 Å². The smallest absolute Gasteiger partial charge is 0.157 e. The third-order valence-corrected chi connectivity index (χ3v) is 6.25. The molecular weight excluding hydrogens is 406 g/mol. The van der Waals surface area contributed by atoms with Crippen molar-refractivity contribution in [1.29, 1.82) is 0 Å². The molecule has 0 unspecified atom stereocenters. The molecule has 28 heavy (non-hydrogen) atoms. The summed E-state index contributed by atoms with van der Waals surface area (Å²) in [5.74, 6) is -2.00. The van der Waals surface area contributed by atoms with Crippen LogP contribution in [-0.4, -0.2) is 19.3 Å². The van der Waals surface area contributed by atoms with Crippen LogP contribution < -0.4 is 0 Å². The third-order valence-electron chi connectivity index (χ3n) is 4.37. The van der Waals surface area contributed by atoms with Crippen molar-refractivity contribution in [2.45, 2.75) is 11.4 Å². The third kappa shape index (κ3) is 4.76. The van der Waals surface area contributed by atoms with Crippen LogP contribution in [0, 0.1) is 11.6 Å². The predicted molar refractivity (Wildman–Crippen MR) is 105 cm³/mol. The van der Waals surface area contributed by atoms with Gasteiger partial charge in [0.25, 0.3) is 0 Å². The van der Waals surface area contributed by atoms with Crippen molar-refractivity contribution in [1.82, 2.24) is 0 Å². The summed E-state index contributed by atoms with van der Waals surface area (Å²) >= 11 is 5.82. The van der Waals surface area contributed by atoms with Crippen molar-refractivity contribution in [3.8, 4) is 0 Å². The number of hydrogen-bond donors (Lipinski definition) is 1. The fourth-order valence-corrected chi connectivity index (χ4v) is 4.89. The van der Waals surface area contributed by atoms with Gasteiger partial charge in [0.05, 0.1) is 11.5 Å². The highest BCUT2D eigenvalue weighted by Gasteiger charge is 2.37. The van der Waals surface area contributed by atoms with Gasteiger partial charge in [-0.05, 0) is 53.1 Å². The fourth-order valence-electron chi connectivity index (χ4n) is 2.99. The van der Waals surface area contributed by atoms with Gasteiger partial charge in [-0.1, -0.05) is 48.0 Å². The number of sulfone groups is 1. The fraction of sp³-hybridized carbons (Fsp3) is 0.143. The van der Waals surface area contributed by atoms with E-state index in [0.29, 0.717) is 10.6 Å². The molecule has 3 rings (SSSR count). The van der Waals surface area contributed by atoms with Crippen molar-refractivity contribution in [3.05, 3.63) is 106 Å². The zero-order valence-electron chi connectivity index (χ0n) is 14.6. The largest absolute Gasteiger partial charge is 0.379 e. The summed E-state index contributed by atoms with van der Waals surface area (Å²) in [6.07, 6.45) is 0. The lowest BCUT2D eigenvalue weighted by molar-refractivity contribution is 0.105. The Morgan fingerprint density at radius 3 is 1.64 bits per heavy atom. The van der Waals surface area contributed by atoms with Gasteiger partial charge in [0.15, 0.2) is 9.84 Å². The normalized spacial score (nSPS) is 12.1. The number of aliphatic hydroxyl groups is 1. The van der Waals surface area contributed by atoms with Crippen molar-refractivity contribution < 1.29 is 22.3 Å². The lowest BCUT2D eigenvalue weighted by atomic mass is 9.88. The maximum absolute atomic E-state index is 13.3. The molecule has 0 bridgehead atoms. The molecule has 7 heteroatoms. The Kier molecular flexibility index (Phi) is 5.84. The van der Waals surface area contributed by atoms with Crippen LogP contribution in [0.25, 0.3) is 0 Å². The van der Waals surface area contributed by atoms with Crippen molar-refractivity contribution in [2.24, 2.45) is 0 Å². The molecule has 0 spiro atoms. The Labute approximate surface area is 167 Å². The first-order valence-electron chi connectivity index (χ1n) is 8.37. The average Bonchev–Trinajstić information content (AvgIpc) is 2.64. The van der Waals surface area contributed by atoms with Gasteiger partial charge in [-0.25, -0.2) is 17.2 Å². The minimum absolute atomic E-state index is 0.195. The average molecular weight is 423 g/mol. The lowest BCUT2D eigenvalue weighted by Gasteiger charge is -2.29. The summed E-state index contributed by atoms with van der Waals surface area (Å²) in [6.45, 7) is 0. The summed E-state index contributed by atoms with van der Waals surface area (Å²) in [7, 11) is -3.80. The molecule has 0 saturated heterocycles.